The molecule has 1 heterocycles. The number of carbonyl (C=O) groups excluding carboxylic acids is 1. The first-order valence-corrected chi connectivity index (χ1v) is 8.98. The van der Waals surface area contributed by atoms with Gasteiger partial charge in [-0.25, -0.2) is 9.97 Å². The van der Waals surface area contributed by atoms with E-state index < -0.39 is 17.3 Å². The molecule has 0 spiro atoms. The minimum absolute atomic E-state index is 0.134. The van der Waals surface area contributed by atoms with Crippen molar-refractivity contribution in [1.29, 1.82) is 0 Å². The molecule has 1 amide bonds. The van der Waals surface area contributed by atoms with Gasteiger partial charge in [0.25, 0.3) is 0 Å². The van der Waals surface area contributed by atoms with Crippen LogP contribution in [0.3, 0.4) is 0 Å². The highest BCUT2D eigenvalue weighted by Crippen LogP contribution is 2.34. The molecule has 0 aliphatic carbocycles. The second-order valence-corrected chi connectivity index (χ2v) is 7.19. The van der Waals surface area contributed by atoms with Crippen LogP contribution in [0, 0.1) is 0 Å². The van der Waals surface area contributed by atoms with Crippen LogP contribution >= 0.6 is 11.8 Å². The molecule has 0 aliphatic heterocycles. The molecule has 0 saturated heterocycles. The Kier molecular flexibility index (Phi) is 5.36. The lowest BCUT2D eigenvalue weighted by molar-refractivity contribution is -0.145. The van der Waals surface area contributed by atoms with Gasteiger partial charge in [-0.2, -0.15) is 13.2 Å². The van der Waals surface area contributed by atoms with Crippen LogP contribution in [0.5, 0.6) is 0 Å². The van der Waals surface area contributed by atoms with E-state index in [0.29, 0.717) is 11.1 Å². The lowest BCUT2D eigenvalue weighted by Crippen LogP contribution is -2.33. The van der Waals surface area contributed by atoms with Crippen LogP contribution in [0.2, 0.25) is 0 Å². The standard InChI is InChI=1S/C19H16F3N3OS/c1-12(17(26)25(2)13-8-4-3-5-9-13)27-16-14-10-6-7-11-15(14)23-18(24-16)19(20,21)22/h3-12H,1-2H3/t12-/m1/s1. The third-order valence-corrected chi connectivity index (χ3v) is 5.02. The zero-order chi connectivity index (χ0) is 19.6. The number of amides is 1. The maximum absolute atomic E-state index is 13.1. The van der Waals surface area contributed by atoms with Gasteiger partial charge in [0, 0.05) is 18.1 Å². The fourth-order valence-corrected chi connectivity index (χ4v) is 3.57. The summed E-state index contributed by atoms with van der Waals surface area (Å²) in [6.07, 6.45) is -4.66. The summed E-state index contributed by atoms with van der Waals surface area (Å²) in [5.41, 5.74) is 0.900. The second kappa shape index (κ2) is 7.56. The van der Waals surface area contributed by atoms with Gasteiger partial charge in [0.2, 0.25) is 11.7 Å². The molecular weight excluding hydrogens is 375 g/mol. The number of alkyl halides is 3. The van der Waals surface area contributed by atoms with Crippen molar-refractivity contribution >= 4 is 34.3 Å². The molecule has 3 rings (SSSR count). The first-order valence-electron chi connectivity index (χ1n) is 8.10. The summed E-state index contributed by atoms with van der Waals surface area (Å²) in [6, 6.07) is 15.5. The van der Waals surface area contributed by atoms with Crippen LogP contribution in [0.15, 0.2) is 59.6 Å². The lowest BCUT2D eigenvalue weighted by atomic mass is 10.2. The number of para-hydroxylation sites is 2. The van der Waals surface area contributed by atoms with E-state index >= 15 is 0 Å². The van der Waals surface area contributed by atoms with E-state index in [1.165, 1.54) is 11.0 Å². The van der Waals surface area contributed by atoms with Crippen LogP contribution in [0.1, 0.15) is 12.7 Å². The molecule has 0 unspecified atom stereocenters. The van der Waals surface area contributed by atoms with E-state index in [2.05, 4.69) is 9.97 Å². The monoisotopic (exact) mass is 391 g/mol. The fourth-order valence-electron chi connectivity index (χ4n) is 2.53. The average Bonchev–Trinajstić information content (AvgIpc) is 2.66. The quantitative estimate of drug-likeness (QED) is 0.474. The number of hydrogen-bond donors (Lipinski definition) is 0. The number of nitrogens with zero attached hydrogens (tertiary/aromatic N) is 3. The summed E-state index contributed by atoms with van der Waals surface area (Å²) in [5, 5.41) is -0.0117. The van der Waals surface area contributed by atoms with E-state index in [4.69, 9.17) is 0 Å². The maximum Gasteiger partial charge on any atom is 0.451 e. The molecular formula is C19H16F3N3OS. The van der Waals surface area contributed by atoms with Gasteiger partial charge in [-0.15, -0.1) is 0 Å². The second-order valence-electron chi connectivity index (χ2n) is 5.86. The highest BCUT2D eigenvalue weighted by Gasteiger charge is 2.36. The maximum atomic E-state index is 13.1. The number of fused-ring (bicyclic) bond motifs is 1. The van der Waals surface area contributed by atoms with Crippen molar-refractivity contribution in [3.8, 4) is 0 Å². The van der Waals surface area contributed by atoms with Gasteiger partial charge >= 0.3 is 6.18 Å². The van der Waals surface area contributed by atoms with E-state index in [0.717, 1.165) is 11.8 Å². The fraction of sp³-hybridized carbons (Fsp3) is 0.211. The van der Waals surface area contributed by atoms with Crippen molar-refractivity contribution in [2.75, 3.05) is 11.9 Å². The molecule has 3 aromatic rings. The SMILES string of the molecule is C[C@@H](Sc1nc(C(F)(F)F)nc2ccccc12)C(=O)N(C)c1ccccc1. The zero-order valence-corrected chi connectivity index (χ0v) is 15.4. The molecule has 4 nitrogen and oxygen atoms in total. The number of benzene rings is 2. The number of anilines is 1. The number of halogens is 3. The van der Waals surface area contributed by atoms with Gasteiger partial charge in [-0.3, -0.25) is 4.79 Å². The molecule has 1 aromatic heterocycles. The van der Waals surface area contributed by atoms with Crippen LogP contribution < -0.4 is 4.90 Å². The number of aromatic nitrogens is 2. The number of rotatable bonds is 4. The normalized spacial score (nSPS) is 12.8. The molecule has 0 radical (unpaired) electrons. The molecule has 0 aliphatic rings. The van der Waals surface area contributed by atoms with Gasteiger partial charge in [0.15, 0.2) is 0 Å². The van der Waals surface area contributed by atoms with Crippen molar-refractivity contribution in [2.24, 2.45) is 0 Å². The van der Waals surface area contributed by atoms with Crippen LogP contribution in [0.25, 0.3) is 10.9 Å². The number of thioether (sulfide) groups is 1. The van der Waals surface area contributed by atoms with Crippen LogP contribution in [0.4, 0.5) is 18.9 Å². The topological polar surface area (TPSA) is 46.1 Å². The molecule has 2 aromatic carbocycles. The Morgan fingerprint density at radius 3 is 2.33 bits per heavy atom. The summed E-state index contributed by atoms with van der Waals surface area (Å²) >= 11 is 0.992. The Labute approximate surface area is 158 Å². The van der Waals surface area contributed by atoms with E-state index in [-0.39, 0.29) is 16.4 Å². The summed E-state index contributed by atoms with van der Waals surface area (Å²) in [6.45, 7) is 1.65. The first kappa shape index (κ1) is 19.2. The predicted molar refractivity (Wildman–Crippen MR) is 99.7 cm³/mol. The van der Waals surface area contributed by atoms with Crippen molar-refractivity contribution in [2.45, 2.75) is 23.4 Å². The predicted octanol–water partition coefficient (Wildman–Crippen LogP) is 4.79. The third kappa shape index (κ3) is 4.21. The highest BCUT2D eigenvalue weighted by molar-refractivity contribution is 8.00. The van der Waals surface area contributed by atoms with Gasteiger partial charge in [0.1, 0.15) is 5.03 Å². The zero-order valence-electron chi connectivity index (χ0n) is 14.6. The summed E-state index contributed by atoms with van der Waals surface area (Å²) in [5.74, 6) is -1.44. The van der Waals surface area contributed by atoms with Crippen LogP contribution in [-0.4, -0.2) is 28.2 Å². The lowest BCUT2D eigenvalue weighted by Gasteiger charge is -2.21. The van der Waals surface area contributed by atoms with Gasteiger partial charge < -0.3 is 4.90 Å². The van der Waals surface area contributed by atoms with Crippen molar-refractivity contribution < 1.29 is 18.0 Å². The minimum atomic E-state index is -4.66. The molecule has 0 saturated carbocycles. The third-order valence-electron chi connectivity index (χ3n) is 3.93. The molecule has 140 valence electrons. The van der Waals surface area contributed by atoms with Gasteiger partial charge in [0.05, 0.1) is 10.8 Å². The number of hydrogen-bond acceptors (Lipinski definition) is 4. The smallest absolute Gasteiger partial charge is 0.315 e. The van der Waals surface area contributed by atoms with Crippen LogP contribution in [-0.2, 0) is 11.0 Å². The van der Waals surface area contributed by atoms with Gasteiger partial charge in [-0.05, 0) is 25.1 Å². The largest absolute Gasteiger partial charge is 0.451 e. The Morgan fingerprint density at radius 1 is 1.04 bits per heavy atom. The Morgan fingerprint density at radius 2 is 1.67 bits per heavy atom. The minimum Gasteiger partial charge on any atom is -0.315 e. The van der Waals surface area contributed by atoms with E-state index in [1.54, 1.807) is 44.3 Å². The Hall–Kier alpha value is -2.61. The first-order chi connectivity index (χ1) is 12.8. The molecule has 8 heteroatoms. The molecule has 27 heavy (non-hydrogen) atoms. The molecule has 0 bridgehead atoms. The summed E-state index contributed by atoms with van der Waals surface area (Å²) in [7, 11) is 1.63. The van der Waals surface area contributed by atoms with Crippen molar-refractivity contribution in [3.05, 3.63) is 60.4 Å². The number of carbonyl (C=O) groups is 1. The van der Waals surface area contributed by atoms with Crippen molar-refractivity contribution in [1.82, 2.24) is 9.97 Å². The molecule has 1 atom stereocenters. The average molecular weight is 391 g/mol. The Bertz CT molecular complexity index is 963. The summed E-state index contributed by atoms with van der Waals surface area (Å²) < 4.78 is 39.4. The van der Waals surface area contributed by atoms with Gasteiger partial charge in [-0.1, -0.05) is 48.2 Å². The molecule has 0 N–H and O–H groups in total. The molecule has 0 fully saturated rings. The highest BCUT2D eigenvalue weighted by atomic mass is 32.2. The van der Waals surface area contributed by atoms with Crippen molar-refractivity contribution in [3.63, 3.8) is 0 Å². The Balaban J connectivity index is 1.92. The van der Waals surface area contributed by atoms with E-state index in [1.807, 2.05) is 18.2 Å². The van der Waals surface area contributed by atoms with E-state index in [9.17, 15) is 18.0 Å². The summed E-state index contributed by atoms with van der Waals surface area (Å²) in [4.78, 5) is 21.5.